The summed E-state index contributed by atoms with van der Waals surface area (Å²) < 4.78 is 34.5. The van der Waals surface area contributed by atoms with Gasteiger partial charge in [-0.15, -0.1) is 0 Å². The molecule has 0 N–H and O–H groups in total. The maximum atomic E-state index is 13.1. The molecule has 1 aromatic heterocycles. The molecule has 0 spiro atoms. The van der Waals surface area contributed by atoms with Crippen molar-refractivity contribution in [2.24, 2.45) is 0 Å². The summed E-state index contributed by atoms with van der Waals surface area (Å²) in [6, 6.07) is 14.0. The van der Waals surface area contributed by atoms with Crippen LogP contribution < -0.4 is 0 Å². The van der Waals surface area contributed by atoms with Crippen molar-refractivity contribution in [2.45, 2.75) is 25.3 Å². The van der Waals surface area contributed by atoms with Gasteiger partial charge in [0, 0.05) is 29.3 Å². The summed E-state index contributed by atoms with van der Waals surface area (Å²) in [4.78, 5) is 11.9. The zero-order chi connectivity index (χ0) is 22.1. The minimum atomic E-state index is -3.84. The number of carbonyl (C=O) groups excluding carboxylic acids is 1. The zero-order valence-electron chi connectivity index (χ0n) is 17.1. The monoisotopic (exact) mass is 491 g/mol. The Morgan fingerprint density at radius 3 is 2.47 bits per heavy atom. The first-order valence-corrected chi connectivity index (χ1v) is 11.3. The largest absolute Gasteiger partial charge is 0.465 e. The Labute approximate surface area is 184 Å². The average molecular weight is 492 g/mol. The van der Waals surface area contributed by atoms with Gasteiger partial charge in [-0.2, -0.15) is 9.40 Å². The van der Waals surface area contributed by atoms with Crippen LogP contribution in [0.4, 0.5) is 0 Å². The van der Waals surface area contributed by atoms with Crippen molar-refractivity contribution in [3.63, 3.8) is 0 Å². The topological polar surface area (TPSA) is 81.5 Å². The summed E-state index contributed by atoms with van der Waals surface area (Å²) in [5.41, 5.74) is 3.51. The molecule has 0 unspecified atom stereocenters. The normalized spacial score (nSPS) is 11.7. The summed E-state index contributed by atoms with van der Waals surface area (Å²) in [6.45, 7) is 3.92. The Morgan fingerprint density at radius 1 is 1.17 bits per heavy atom. The van der Waals surface area contributed by atoms with Crippen LogP contribution >= 0.6 is 15.9 Å². The summed E-state index contributed by atoms with van der Waals surface area (Å²) in [6.07, 6.45) is 0. The Balaban J connectivity index is 1.94. The van der Waals surface area contributed by atoms with Gasteiger partial charge in [0.1, 0.15) is 0 Å². The molecule has 7 nitrogen and oxygen atoms in total. The molecule has 0 radical (unpaired) electrons. The number of carbonyl (C=O) groups is 1. The second-order valence-electron chi connectivity index (χ2n) is 6.79. The van der Waals surface area contributed by atoms with Crippen LogP contribution in [0.15, 0.2) is 57.9 Å². The first kappa shape index (κ1) is 22.2. The third kappa shape index (κ3) is 4.19. The van der Waals surface area contributed by atoms with Crippen molar-refractivity contribution in [2.75, 3.05) is 14.2 Å². The minimum absolute atomic E-state index is 0.0133. The van der Waals surface area contributed by atoms with E-state index >= 15 is 0 Å². The van der Waals surface area contributed by atoms with E-state index in [-0.39, 0.29) is 17.0 Å². The van der Waals surface area contributed by atoms with E-state index in [1.165, 1.54) is 36.7 Å². The van der Waals surface area contributed by atoms with Gasteiger partial charge in [0.2, 0.25) is 10.0 Å². The van der Waals surface area contributed by atoms with E-state index in [1.54, 1.807) is 4.68 Å². The number of rotatable bonds is 6. The summed E-state index contributed by atoms with van der Waals surface area (Å²) in [5.74, 6) is -0.614. The van der Waals surface area contributed by atoms with Crippen LogP contribution in [-0.2, 0) is 21.3 Å². The Bertz CT molecular complexity index is 1190. The highest BCUT2D eigenvalue weighted by Gasteiger charge is 2.25. The molecule has 0 bridgehead atoms. The lowest BCUT2D eigenvalue weighted by atomic mass is 10.2. The summed E-state index contributed by atoms with van der Waals surface area (Å²) >= 11 is 3.25. The molecule has 30 heavy (non-hydrogen) atoms. The Kier molecular flexibility index (Phi) is 6.44. The standard InChI is InChI=1S/C21H22BrN3O4S/c1-14-19(15(2)25(23-14)16-8-6-5-7-9-16)13-24(3)30(27,28)17-10-11-20(22)18(12-17)21(26)29-4/h5-12H,13H2,1-4H3. The quantitative estimate of drug-likeness (QED) is 0.489. The number of halogens is 1. The Hall–Kier alpha value is -2.49. The predicted molar refractivity (Wildman–Crippen MR) is 117 cm³/mol. The van der Waals surface area contributed by atoms with Crippen LogP contribution in [0.2, 0.25) is 0 Å². The first-order valence-electron chi connectivity index (χ1n) is 9.11. The predicted octanol–water partition coefficient (Wildman–Crippen LogP) is 3.86. The van der Waals surface area contributed by atoms with Gasteiger partial charge in [-0.3, -0.25) is 0 Å². The van der Waals surface area contributed by atoms with Crippen molar-refractivity contribution in [1.29, 1.82) is 0 Å². The maximum absolute atomic E-state index is 13.1. The highest BCUT2D eigenvalue weighted by Crippen LogP contribution is 2.26. The van der Waals surface area contributed by atoms with Gasteiger partial charge >= 0.3 is 5.97 Å². The van der Waals surface area contributed by atoms with Crippen molar-refractivity contribution in [3.8, 4) is 5.69 Å². The van der Waals surface area contributed by atoms with Gasteiger partial charge in [-0.05, 0) is 60.1 Å². The third-order valence-corrected chi connectivity index (χ3v) is 7.36. The molecule has 1 heterocycles. The van der Waals surface area contributed by atoms with Gasteiger partial charge in [-0.25, -0.2) is 17.9 Å². The average Bonchev–Trinajstić information content (AvgIpc) is 3.02. The summed E-state index contributed by atoms with van der Waals surface area (Å²) in [7, 11) is -1.08. The smallest absolute Gasteiger partial charge is 0.339 e. The molecule has 0 saturated carbocycles. The van der Waals surface area contributed by atoms with Crippen LogP contribution in [0.25, 0.3) is 5.69 Å². The van der Waals surface area contributed by atoms with Crippen molar-refractivity contribution in [1.82, 2.24) is 14.1 Å². The number of benzene rings is 2. The summed E-state index contributed by atoms with van der Waals surface area (Å²) in [5, 5.41) is 4.58. The zero-order valence-corrected chi connectivity index (χ0v) is 19.5. The molecule has 158 valence electrons. The molecule has 9 heteroatoms. The number of aromatic nitrogens is 2. The van der Waals surface area contributed by atoms with Crippen LogP contribution in [-0.4, -0.2) is 42.6 Å². The van der Waals surface area contributed by atoms with E-state index in [4.69, 9.17) is 4.74 Å². The molecular formula is C21H22BrN3O4S. The van der Waals surface area contributed by atoms with Crippen LogP contribution in [0.5, 0.6) is 0 Å². The fraction of sp³-hybridized carbons (Fsp3) is 0.238. The fourth-order valence-corrected chi connectivity index (χ4v) is 4.72. The SMILES string of the molecule is COC(=O)c1cc(S(=O)(=O)N(C)Cc2c(C)nn(-c3ccccc3)c2C)ccc1Br. The number of sulfonamides is 1. The van der Waals surface area contributed by atoms with Crippen LogP contribution in [0.1, 0.15) is 27.3 Å². The first-order chi connectivity index (χ1) is 14.2. The third-order valence-electron chi connectivity index (χ3n) is 4.87. The number of ether oxygens (including phenoxy) is 1. The number of para-hydroxylation sites is 1. The maximum Gasteiger partial charge on any atom is 0.339 e. The second-order valence-corrected chi connectivity index (χ2v) is 9.69. The number of aryl methyl sites for hydroxylation is 1. The highest BCUT2D eigenvalue weighted by atomic mass is 79.9. The van der Waals surface area contributed by atoms with E-state index in [1.807, 2.05) is 44.2 Å². The van der Waals surface area contributed by atoms with E-state index in [0.29, 0.717) is 4.47 Å². The number of hydrogen-bond donors (Lipinski definition) is 0. The van der Waals surface area contributed by atoms with E-state index < -0.39 is 16.0 Å². The number of nitrogens with zero attached hydrogens (tertiary/aromatic N) is 3. The molecule has 3 aromatic rings. The lowest BCUT2D eigenvalue weighted by Gasteiger charge is -2.18. The molecule has 0 aliphatic carbocycles. The van der Waals surface area contributed by atoms with Crippen molar-refractivity contribution >= 4 is 31.9 Å². The van der Waals surface area contributed by atoms with Crippen LogP contribution in [0, 0.1) is 13.8 Å². The number of esters is 1. The van der Waals surface area contributed by atoms with Gasteiger partial charge in [-0.1, -0.05) is 18.2 Å². The van der Waals surface area contributed by atoms with Gasteiger partial charge in [0.05, 0.1) is 29.0 Å². The fourth-order valence-electron chi connectivity index (χ4n) is 3.14. The molecule has 0 aliphatic heterocycles. The number of methoxy groups -OCH3 is 1. The van der Waals surface area contributed by atoms with Gasteiger partial charge in [0.25, 0.3) is 0 Å². The van der Waals surface area contributed by atoms with Gasteiger partial charge in [0.15, 0.2) is 0 Å². The molecule has 0 amide bonds. The van der Waals surface area contributed by atoms with Crippen LogP contribution in [0.3, 0.4) is 0 Å². The molecule has 3 rings (SSSR count). The van der Waals surface area contributed by atoms with E-state index in [9.17, 15) is 13.2 Å². The second kappa shape index (κ2) is 8.71. The van der Waals surface area contributed by atoms with E-state index in [0.717, 1.165) is 22.6 Å². The molecule has 0 aliphatic rings. The molecular weight excluding hydrogens is 470 g/mol. The van der Waals surface area contributed by atoms with Crippen molar-refractivity contribution in [3.05, 3.63) is 75.5 Å². The number of hydrogen-bond acceptors (Lipinski definition) is 5. The van der Waals surface area contributed by atoms with Crippen molar-refractivity contribution < 1.29 is 17.9 Å². The molecule has 0 atom stereocenters. The lowest BCUT2D eigenvalue weighted by molar-refractivity contribution is 0.0599. The molecule has 0 saturated heterocycles. The molecule has 2 aromatic carbocycles. The highest BCUT2D eigenvalue weighted by molar-refractivity contribution is 9.10. The lowest BCUT2D eigenvalue weighted by Crippen LogP contribution is -2.27. The van der Waals surface area contributed by atoms with E-state index in [2.05, 4.69) is 21.0 Å². The molecule has 0 fully saturated rings. The van der Waals surface area contributed by atoms with Gasteiger partial charge < -0.3 is 4.74 Å². The minimum Gasteiger partial charge on any atom is -0.465 e. The Morgan fingerprint density at radius 2 is 1.83 bits per heavy atom.